The highest BCUT2D eigenvalue weighted by molar-refractivity contribution is 7.11. The number of likely N-dealkylation sites (N-methyl/N-ethyl adjacent to an activating group) is 1. The largest absolute Gasteiger partial charge is 0.355 e. The lowest BCUT2D eigenvalue weighted by molar-refractivity contribution is 0.157. The predicted octanol–water partition coefficient (Wildman–Crippen LogP) is 2.85. The molecular weight excluding hydrogens is 292 g/mol. The second kappa shape index (κ2) is 9.16. The number of piperidine rings is 1. The van der Waals surface area contributed by atoms with E-state index in [9.17, 15) is 0 Å². The third-order valence-electron chi connectivity index (χ3n) is 4.38. The van der Waals surface area contributed by atoms with Crippen LogP contribution in [0.4, 0.5) is 0 Å². The Bertz CT molecular complexity index is 469. The summed E-state index contributed by atoms with van der Waals surface area (Å²) < 4.78 is 0. The number of guanidine groups is 1. The number of likely N-dealkylation sites (tertiary alicyclic amines) is 1. The van der Waals surface area contributed by atoms with E-state index in [0.717, 1.165) is 32.0 Å². The molecule has 0 aliphatic carbocycles. The van der Waals surface area contributed by atoms with E-state index in [0.29, 0.717) is 6.04 Å². The first-order valence-electron chi connectivity index (χ1n) is 8.53. The number of thiophene rings is 1. The van der Waals surface area contributed by atoms with Crippen LogP contribution in [-0.4, -0.2) is 43.6 Å². The summed E-state index contributed by atoms with van der Waals surface area (Å²) in [7, 11) is 1.85. The molecule has 2 rings (SSSR count). The SMILES string of the molecule is CCc1ccc(CNC(=NC)NCC2CCCCN2CC)s1. The number of hydrogen-bond donors (Lipinski definition) is 2. The zero-order valence-electron chi connectivity index (χ0n) is 14.2. The van der Waals surface area contributed by atoms with Crippen LogP contribution in [0.25, 0.3) is 0 Å². The van der Waals surface area contributed by atoms with Crippen molar-refractivity contribution < 1.29 is 0 Å². The third-order valence-corrected chi connectivity index (χ3v) is 5.61. The fraction of sp³-hybridized carbons (Fsp3) is 0.706. The van der Waals surface area contributed by atoms with Crippen molar-refractivity contribution in [3.05, 3.63) is 21.9 Å². The van der Waals surface area contributed by atoms with E-state index in [1.165, 1.54) is 35.6 Å². The molecule has 124 valence electrons. The van der Waals surface area contributed by atoms with Crippen LogP contribution in [0.2, 0.25) is 0 Å². The molecule has 1 atom stereocenters. The van der Waals surface area contributed by atoms with Crippen LogP contribution in [0.3, 0.4) is 0 Å². The molecule has 1 aromatic rings. The Morgan fingerprint density at radius 2 is 2.09 bits per heavy atom. The highest BCUT2D eigenvalue weighted by Gasteiger charge is 2.20. The quantitative estimate of drug-likeness (QED) is 0.625. The van der Waals surface area contributed by atoms with Gasteiger partial charge in [-0.1, -0.05) is 20.3 Å². The number of hydrogen-bond acceptors (Lipinski definition) is 3. The van der Waals surface area contributed by atoms with Crippen molar-refractivity contribution in [3.8, 4) is 0 Å². The van der Waals surface area contributed by atoms with E-state index in [4.69, 9.17) is 0 Å². The van der Waals surface area contributed by atoms with Crippen molar-refractivity contribution in [2.75, 3.05) is 26.7 Å². The summed E-state index contributed by atoms with van der Waals surface area (Å²) >= 11 is 1.88. The molecule has 1 aliphatic rings. The number of aryl methyl sites for hydroxylation is 1. The fourth-order valence-corrected chi connectivity index (χ4v) is 3.92. The van der Waals surface area contributed by atoms with Crippen LogP contribution < -0.4 is 10.6 Å². The van der Waals surface area contributed by atoms with Gasteiger partial charge < -0.3 is 10.6 Å². The number of aliphatic imine (C=N–C) groups is 1. The molecule has 1 unspecified atom stereocenters. The molecule has 0 amide bonds. The standard InChI is InChI=1S/C17H30N4S/c1-4-15-9-10-16(22-15)13-20-17(18-3)19-12-14-8-6-7-11-21(14)5-2/h9-10,14H,4-8,11-13H2,1-3H3,(H2,18,19,20). The molecule has 0 saturated carbocycles. The molecule has 22 heavy (non-hydrogen) atoms. The maximum absolute atomic E-state index is 4.35. The summed E-state index contributed by atoms with van der Waals surface area (Å²) in [6.07, 6.45) is 5.11. The van der Waals surface area contributed by atoms with Gasteiger partial charge in [0.15, 0.2) is 5.96 Å². The molecular formula is C17H30N4S. The van der Waals surface area contributed by atoms with E-state index >= 15 is 0 Å². The van der Waals surface area contributed by atoms with Gasteiger partial charge in [-0.3, -0.25) is 9.89 Å². The predicted molar refractivity (Wildman–Crippen MR) is 96.8 cm³/mol. The minimum absolute atomic E-state index is 0.644. The topological polar surface area (TPSA) is 39.7 Å². The Balaban J connectivity index is 1.77. The van der Waals surface area contributed by atoms with Gasteiger partial charge in [-0.15, -0.1) is 11.3 Å². The molecule has 1 saturated heterocycles. The van der Waals surface area contributed by atoms with Crippen molar-refractivity contribution >= 4 is 17.3 Å². The first-order valence-corrected chi connectivity index (χ1v) is 9.34. The van der Waals surface area contributed by atoms with Gasteiger partial charge in [-0.25, -0.2) is 0 Å². The molecule has 5 heteroatoms. The molecule has 4 nitrogen and oxygen atoms in total. The molecule has 0 aromatic carbocycles. The lowest BCUT2D eigenvalue weighted by Crippen LogP contribution is -2.48. The maximum atomic E-state index is 4.35. The number of rotatable bonds is 6. The Labute approximate surface area is 139 Å². The van der Waals surface area contributed by atoms with Crippen molar-refractivity contribution in [2.24, 2.45) is 4.99 Å². The summed E-state index contributed by atoms with van der Waals surface area (Å²) in [5.74, 6) is 0.910. The van der Waals surface area contributed by atoms with Crippen LogP contribution in [0.1, 0.15) is 42.9 Å². The van der Waals surface area contributed by atoms with Crippen molar-refractivity contribution in [1.82, 2.24) is 15.5 Å². The molecule has 0 spiro atoms. The van der Waals surface area contributed by atoms with Crippen LogP contribution in [-0.2, 0) is 13.0 Å². The lowest BCUT2D eigenvalue weighted by Gasteiger charge is -2.35. The normalized spacial score (nSPS) is 20.1. The van der Waals surface area contributed by atoms with Crippen LogP contribution in [0.5, 0.6) is 0 Å². The van der Waals surface area contributed by atoms with Gasteiger partial charge in [0.25, 0.3) is 0 Å². The van der Waals surface area contributed by atoms with Crippen molar-refractivity contribution in [1.29, 1.82) is 0 Å². The molecule has 1 fully saturated rings. The second-order valence-corrected chi connectivity index (χ2v) is 7.06. The number of nitrogens with one attached hydrogen (secondary N) is 2. The molecule has 2 heterocycles. The smallest absolute Gasteiger partial charge is 0.191 e. The second-order valence-electron chi connectivity index (χ2n) is 5.81. The molecule has 2 N–H and O–H groups in total. The monoisotopic (exact) mass is 322 g/mol. The molecule has 0 bridgehead atoms. The van der Waals surface area contributed by atoms with Gasteiger partial charge in [0.1, 0.15) is 0 Å². The average Bonchev–Trinajstić information content (AvgIpc) is 3.03. The highest BCUT2D eigenvalue weighted by atomic mass is 32.1. The van der Waals surface area contributed by atoms with Gasteiger partial charge in [0.2, 0.25) is 0 Å². The van der Waals surface area contributed by atoms with Crippen molar-refractivity contribution in [2.45, 2.75) is 52.1 Å². The lowest BCUT2D eigenvalue weighted by atomic mass is 10.0. The zero-order valence-corrected chi connectivity index (χ0v) is 15.0. The number of nitrogens with zero attached hydrogens (tertiary/aromatic N) is 2. The van der Waals surface area contributed by atoms with E-state index in [1.807, 2.05) is 18.4 Å². The maximum Gasteiger partial charge on any atom is 0.191 e. The Morgan fingerprint density at radius 3 is 2.77 bits per heavy atom. The van der Waals surface area contributed by atoms with E-state index < -0.39 is 0 Å². The zero-order chi connectivity index (χ0) is 15.8. The third kappa shape index (κ3) is 4.99. The van der Waals surface area contributed by atoms with Crippen LogP contribution in [0.15, 0.2) is 17.1 Å². The summed E-state index contributed by atoms with van der Waals surface area (Å²) in [6, 6.07) is 5.08. The van der Waals surface area contributed by atoms with E-state index in [2.05, 4.69) is 46.5 Å². The van der Waals surface area contributed by atoms with E-state index in [1.54, 1.807) is 0 Å². The van der Waals surface area contributed by atoms with Gasteiger partial charge in [0, 0.05) is 29.4 Å². The minimum atomic E-state index is 0.644. The van der Waals surface area contributed by atoms with Gasteiger partial charge in [-0.2, -0.15) is 0 Å². The fourth-order valence-electron chi connectivity index (χ4n) is 3.02. The Morgan fingerprint density at radius 1 is 1.27 bits per heavy atom. The Kier molecular flexibility index (Phi) is 7.19. The molecule has 1 aliphatic heterocycles. The molecule has 1 aromatic heterocycles. The van der Waals surface area contributed by atoms with Crippen LogP contribution in [0, 0.1) is 0 Å². The summed E-state index contributed by atoms with van der Waals surface area (Å²) in [4.78, 5) is 9.74. The van der Waals surface area contributed by atoms with Gasteiger partial charge in [-0.05, 0) is 44.5 Å². The van der Waals surface area contributed by atoms with Crippen molar-refractivity contribution in [3.63, 3.8) is 0 Å². The van der Waals surface area contributed by atoms with Crippen LogP contribution >= 0.6 is 11.3 Å². The summed E-state index contributed by atoms with van der Waals surface area (Å²) in [5, 5.41) is 6.92. The summed E-state index contributed by atoms with van der Waals surface area (Å²) in [6.45, 7) is 8.68. The minimum Gasteiger partial charge on any atom is -0.355 e. The highest BCUT2D eigenvalue weighted by Crippen LogP contribution is 2.17. The molecule has 0 radical (unpaired) electrons. The van der Waals surface area contributed by atoms with Gasteiger partial charge >= 0.3 is 0 Å². The first kappa shape index (κ1) is 17.3. The van der Waals surface area contributed by atoms with E-state index in [-0.39, 0.29) is 0 Å². The average molecular weight is 323 g/mol. The van der Waals surface area contributed by atoms with Gasteiger partial charge in [0.05, 0.1) is 6.54 Å². The summed E-state index contributed by atoms with van der Waals surface area (Å²) in [5.41, 5.74) is 0. The first-order chi connectivity index (χ1) is 10.8. The Hall–Kier alpha value is -1.07.